The summed E-state index contributed by atoms with van der Waals surface area (Å²) in [5, 5.41) is 3.03. The summed E-state index contributed by atoms with van der Waals surface area (Å²) in [4.78, 5) is 0. The predicted octanol–water partition coefficient (Wildman–Crippen LogP) is 6.01. The molecule has 0 saturated carbocycles. The van der Waals surface area contributed by atoms with Crippen LogP contribution in [-0.4, -0.2) is 4.40 Å². The van der Waals surface area contributed by atoms with Gasteiger partial charge in [-0.05, 0) is 37.5 Å². The quantitative estimate of drug-likeness (QED) is 0.304. The normalized spacial score (nSPS) is 24.1. The molecule has 1 aliphatic rings. The molecule has 4 heteroatoms. The first-order valence-electron chi connectivity index (χ1n) is 10.1. The molecule has 0 bridgehead atoms. The average molecular weight is 379 g/mol. The van der Waals surface area contributed by atoms with Gasteiger partial charge in [0.15, 0.2) is 6.20 Å². The van der Waals surface area contributed by atoms with Gasteiger partial charge in [0.2, 0.25) is 0 Å². The monoisotopic (exact) mass is 379 g/mol. The van der Waals surface area contributed by atoms with Gasteiger partial charge in [-0.15, -0.1) is 0 Å². The topological polar surface area (TPSA) is 8.29 Å². The maximum Gasteiger partial charge on any atom is 0.322 e. The van der Waals surface area contributed by atoms with Gasteiger partial charge in [0.05, 0.1) is 5.39 Å². The highest BCUT2D eigenvalue weighted by Crippen LogP contribution is 2.50. The van der Waals surface area contributed by atoms with Crippen molar-refractivity contribution in [2.45, 2.75) is 57.9 Å². The number of hydrogen-bond donors (Lipinski definition) is 0. The number of rotatable bonds is 3. The highest BCUT2D eigenvalue weighted by Gasteiger charge is 2.54. The third-order valence-electron chi connectivity index (χ3n) is 7.42. The fourth-order valence-electron chi connectivity index (χ4n) is 5.69. The van der Waals surface area contributed by atoms with Crippen LogP contribution in [0.25, 0.3) is 27.3 Å². The van der Waals surface area contributed by atoms with Crippen LogP contribution in [0.4, 0.5) is 8.78 Å². The average Bonchev–Trinajstić information content (AvgIpc) is 3.04. The summed E-state index contributed by atoms with van der Waals surface area (Å²) in [5.41, 5.74) is 2.27. The summed E-state index contributed by atoms with van der Waals surface area (Å²) in [7, 11) is 0. The minimum atomic E-state index is -0.352. The van der Waals surface area contributed by atoms with Crippen LogP contribution in [0.1, 0.15) is 52.5 Å². The van der Waals surface area contributed by atoms with Gasteiger partial charge in [-0.3, -0.25) is 0 Å². The van der Waals surface area contributed by atoms with Crippen LogP contribution in [0.5, 0.6) is 0 Å². The Kier molecular flexibility index (Phi) is 3.47. The zero-order valence-electron chi connectivity index (χ0n) is 16.8. The Labute approximate surface area is 163 Å². The lowest BCUT2D eigenvalue weighted by Crippen LogP contribution is -2.66. The first kappa shape index (κ1) is 17.6. The van der Waals surface area contributed by atoms with Gasteiger partial charge >= 0.3 is 5.95 Å². The minimum absolute atomic E-state index is 0.129. The molecule has 2 atom stereocenters. The molecule has 0 saturated heterocycles. The second kappa shape index (κ2) is 5.53. The Bertz CT molecular complexity index is 1270. The maximum absolute atomic E-state index is 15.3. The fraction of sp³-hybridized carbons (Fsp3) is 0.375. The molecule has 0 radical (unpaired) electrons. The van der Waals surface area contributed by atoms with Crippen molar-refractivity contribution < 1.29 is 13.3 Å². The van der Waals surface area contributed by atoms with Crippen molar-refractivity contribution in [3.63, 3.8) is 0 Å². The molecule has 2 aromatic heterocycles. The molecule has 2 nitrogen and oxygen atoms in total. The standard InChI is InChI=1S/C24H25F2N2/c1-5-12-23(3)18-9-7-8-17-16-11-10-15(25)13-19(16)28-20(26)14-27(22(28)21(17)18)24(23,4)6-2/h7-11,13-14H,5-6,12H2,1-4H3/q+1. The zero-order chi connectivity index (χ0) is 19.8. The molecular formula is C24H25F2N2+. The molecule has 0 N–H and O–H groups in total. The van der Waals surface area contributed by atoms with Crippen molar-refractivity contribution in [2.24, 2.45) is 0 Å². The summed E-state index contributed by atoms with van der Waals surface area (Å²) in [6.07, 6.45) is 4.57. The van der Waals surface area contributed by atoms with Crippen molar-refractivity contribution in [3.05, 3.63) is 59.9 Å². The summed E-state index contributed by atoms with van der Waals surface area (Å²) in [6.45, 7) is 8.94. The molecule has 28 heavy (non-hydrogen) atoms. The van der Waals surface area contributed by atoms with E-state index < -0.39 is 0 Å². The summed E-state index contributed by atoms with van der Waals surface area (Å²) in [6, 6.07) is 11.1. The summed E-state index contributed by atoms with van der Waals surface area (Å²) >= 11 is 0. The third kappa shape index (κ3) is 1.84. The van der Waals surface area contributed by atoms with Gasteiger partial charge < -0.3 is 0 Å². The number of pyridine rings is 1. The lowest BCUT2D eigenvalue weighted by molar-refractivity contribution is -0.751. The Morgan fingerprint density at radius 2 is 1.82 bits per heavy atom. The number of halogens is 2. The number of aromatic nitrogens is 2. The molecule has 2 aromatic carbocycles. The van der Waals surface area contributed by atoms with Crippen LogP contribution < -0.4 is 4.57 Å². The molecule has 0 aliphatic carbocycles. The second-order valence-electron chi connectivity index (χ2n) is 8.58. The molecule has 2 unspecified atom stereocenters. The van der Waals surface area contributed by atoms with Crippen LogP contribution in [0, 0.1) is 11.8 Å². The van der Waals surface area contributed by atoms with Crippen LogP contribution in [0.3, 0.4) is 0 Å². The molecule has 0 fully saturated rings. The van der Waals surface area contributed by atoms with Gasteiger partial charge in [-0.2, -0.15) is 8.79 Å². The van der Waals surface area contributed by atoms with Crippen LogP contribution >= 0.6 is 0 Å². The van der Waals surface area contributed by atoms with Gasteiger partial charge in [0.1, 0.15) is 16.9 Å². The molecule has 144 valence electrons. The summed E-state index contributed by atoms with van der Waals surface area (Å²) < 4.78 is 33.2. The Balaban J connectivity index is 2.13. The van der Waals surface area contributed by atoms with Gasteiger partial charge in [0, 0.05) is 22.3 Å². The summed E-state index contributed by atoms with van der Waals surface area (Å²) in [5.74, 6) is -0.696. The van der Waals surface area contributed by atoms with Crippen LogP contribution in [0.15, 0.2) is 42.6 Å². The third-order valence-corrected chi connectivity index (χ3v) is 7.42. The van der Waals surface area contributed by atoms with Crippen molar-refractivity contribution in [3.8, 4) is 0 Å². The van der Waals surface area contributed by atoms with E-state index in [1.54, 1.807) is 16.7 Å². The van der Waals surface area contributed by atoms with E-state index in [-0.39, 0.29) is 22.7 Å². The lowest BCUT2D eigenvalue weighted by atomic mass is 9.61. The number of fused-ring (bicyclic) bond motifs is 3. The minimum Gasteiger partial charge on any atom is -0.220 e. The highest BCUT2D eigenvalue weighted by molar-refractivity contribution is 6.12. The fourth-order valence-corrected chi connectivity index (χ4v) is 5.69. The van der Waals surface area contributed by atoms with Crippen molar-refractivity contribution in [1.82, 2.24) is 4.40 Å². The SMILES string of the molecule is CCCC1(C)c2cccc3c4ccc(F)cc4n4c(F)c[n+](c4c23)C1(C)CC. The van der Waals surface area contributed by atoms with Crippen LogP contribution in [0.2, 0.25) is 0 Å². The largest absolute Gasteiger partial charge is 0.322 e. The Morgan fingerprint density at radius 3 is 2.54 bits per heavy atom. The van der Waals surface area contributed by atoms with Gasteiger partial charge in [-0.1, -0.05) is 45.4 Å². The van der Waals surface area contributed by atoms with Crippen molar-refractivity contribution in [2.75, 3.05) is 0 Å². The molecule has 1 aliphatic heterocycles. The molecule has 0 amide bonds. The van der Waals surface area contributed by atoms with Crippen molar-refractivity contribution >= 4 is 27.3 Å². The van der Waals surface area contributed by atoms with E-state index in [0.717, 1.165) is 41.1 Å². The van der Waals surface area contributed by atoms with Crippen molar-refractivity contribution in [1.29, 1.82) is 0 Å². The zero-order valence-corrected chi connectivity index (χ0v) is 16.8. The lowest BCUT2D eigenvalue weighted by Gasteiger charge is -2.47. The highest BCUT2D eigenvalue weighted by atomic mass is 19.1. The first-order valence-corrected chi connectivity index (χ1v) is 10.1. The Hall–Kier alpha value is -2.49. The molecular weight excluding hydrogens is 354 g/mol. The first-order chi connectivity index (χ1) is 13.4. The maximum atomic E-state index is 15.3. The number of imidazole rings is 1. The van der Waals surface area contributed by atoms with E-state index in [1.165, 1.54) is 17.7 Å². The van der Waals surface area contributed by atoms with E-state index in [0.29, 0.717) is 5.52 Å². The van der Waals surface area contributed by atoms with E-state index in [1.807, 2.05) is 0 Å². The van der Waals surface area contributed by atoms with Gasteiger partial charge in [0.25, 0.3) is 5.65 Å². The van der Waals surface area contributed by atoms with E-state index >= 15 is 4.39 Å². The Morgan fingerprint density at radius 1 is 1.04 bits per heavy atom. The molecule has 4 aromatic rings. The smallest absolute Gasteiger partial charge is 0.220 e. The second-order valence-corrected chi connectivity index (χ2v) is 8.58. The van der Waals surface area contributed by atoms with E-state index in [4.69, 9.17) is 0 Å². The number of hydrogen-bond acceptors (Lipinski definition) is 0. The van der Waals surface area contributed by atoms with E-state index in [9.17, 15) is 4.39 Å². The predicted molar refractivity (Wildman–Crippen MR) is 109 cm³/mol. The number of benzene rings is 2. The molecule has 0 spiro atoms. The van der Waals surface area contributed by atoms with E-state index in [2.05, 4.69) is 50.5 Å². The molecule has 3 heterocycles. The molecule has 5 rings (SSSR count). The number of nitrogens with zero attached hydrogens (tertiary/aromatic N) is 2. The van der Waals surface area contributed by atoms with Gasteiger partial charge in [-0.25, -0.2) is 8.96 Å². The van der Waals surface area contributed by atoms with Crippen LogP contribution in [-0.2, 0) is 11.0 Å².